The van der Waals surface area contributed by atoms with Gasteiger partial charge in [-0.25, -0.2) is 0 Å². The number of nitrogens with two attached hydrogens (primary N) is 1. The van der Waals surface area contributed by atoms with Crippen LogP contribution in [0, 0.1) is 11.3 Å². The number of rotatable bonds is 3. The summed E-state index contributed by atoms with van der Waals surface area (Å²) in [5.74, 6) is -1.57. The molecule has 0 aromatic carbocycles. The number of pyridine rings is 1. The normalized spacial score (nSPS) is 32.1. The van der Waals surface area contributed by atoms with Crippen molar-refractivity contribution in [2.45, 2.75) is 64.0 Å². The average Bonchev–Trinajstić information content (AvgIpc) is 3.21. The zero-order valence-electron chi connectivity index (χ0n) is 18.1. The molecule has 2 unspecified atom stereocenters. The number of nitrogens with one attached hydrogen (secondary N) is 2. The molecule has 3 amide bonds. The molecule has 0 bridgehead atoms. The molecule has 31 heavy (non-hydrogen) atoms. The molecule has 1 aliphatic carbocycles. The molecule has 1 aromatic heterocycles. The third-order valence-electron chi connectivity index (χ3n) is 7.63. The van der Waals surface area contributed by atoms with E-state index in [1.807, 2.05) is 6.21 Å². The van der Waals surface area contributed by atoms with Crippen LogP contribution in [-0.2, 0) is 9.59 Å². The van der Waals surface area contributed by atoms with Gasteiger partial charge in [0.05, 0.1) is 23.5 Å². The summed E-state index contributed by atoms with van der Waals surface area (Å²) in [5.41, 5.74) is 8.37. The number of anilines is 1. The van der Waals surface area contributed by atoms with Crippen molar-refractivity contribution >= 4 is 29.6 Å². The van der Waals surface area contributed by atoms with Crippen molar-refractivity contribution in [3.63, 3.8) is 0 Å². The van der Waals surface area contributed by atoms with Crippen LogP contribution in [0.1, 0.15) is 62.7 Å². The monoisotopic (exact) mass is 426 g/mol. The van der Waals surface area contributed by atoms with Crippen LogP contribution >= 0.6 is 0 Å². The summed E-state index contributed by atoms with van der Waals surface area (Å²) in [7, 11) is 0. The molecule has 1 aromatic rings. The molecular formula is C22H30N6O3. The minimum absolute atomic E-state index is 0.115. The average molecular weight is 427 g/mol. The van der Waals surface area contributed by atoms with Crippen LogP contribution < -0.4 is 16.5 Å². The van der Waals surface area contributed by atoms with Crippen LogP contribution in [0.5, 0.6) is 0 Å². The number of fused-ring (bicyclic) bond motifs is 1. The van der Waals surface area contributed by atoms with Gasteiger partial charge in [-0.1, -0.05) is 6.92 Å². The fraction of sp³-hybridized carbons (Fsp3) is 0.591. The molecule has 3 aliphatic rings. The number of piperidine rings is 1. The number of carbonyl (C=O) groups excluding carboxylic acids is 3. The largest absolute Gasteiger partial charge is 0.366 e. The molecule has 1 saturated carbocycles. The van der Waals surface area contributed by atoms with Crippen LogP contribution in [0.4, 0.5) is 5.69 Å². The van der Waals surface area contributed by atoms with Gasteiger partial charge in [0.2, 0.25) is 5.91 Å². The molecule has 3 heterocycles. The summed E-state index contributed by atoms with van der Waals surface area (Å²) in [6.45, 7) is 4.93. The lowest BCUT2D eigenvalue weighted by Gasteiger charge is -2.57. The van der Waals surface area contributed by atoms with Crippen molar-refractivity contribution in [1.29, 1.82) is 0 Å². The van der Waals surface area contributed by atoms with Crippen LogP contribution in [0.3, 0.4) is 0 Å². The summed E-state index contributed by atoms with van der Waals surface area (Å²) in [4.78, 5) is 43.3. The SMILES string of the molecule is C[C@@]1([C@]2(C)CCCCN2C(=O)C(=O)Nc2cncc(C(N)=O)c2)CCC2NN=CC2C1. The van der Waals surface area contributed by atoms with Crippen molar-refractivity contribution in [2.75, 3.05) is 11.9 Å². The van der Waals surface area contributed by atoms with E-state index in [1.165, 1.54) is 18.5 Å². The number of aromatic nitrogens is 1. The molecule has 0 radical (unpaired) electrons. The number of hydrazone groups is 1. The van der Waals surface area contributed by atoms with Gasteiger partial charge in [0.15, 0.2) is 0 Å². The molecule has 2 aliphatic heterocycles. The topological polar surface area (TPSA) is 130 Å². The van der Waals surface area contributed by atoms with Crippen molar-refractivity contribution in [2.24, 2.45) is 22.2 Å². The summed E-state index contributed by atoms with van der Waals surface area (Å²) >= 11 is 0. The van der Waals surface area contributed by atoms with E-state index in [2.05, 4.69) is 34.7 Å². The zero-order chi connectivity index (χ0) is 22.2. The molecule has 4 atom stereocenters. The van der Waals surface area contributed by atoms with E-state index < -0.39 is 23.3 Å². The van der Waals surface area contributed by atoms with Crippen molar-refractivity contribution in [3.05, 3.63) is 24.0 Å². The number of hydrogen-bond acceptors (Lipinski definition) is 6. The first-order valence-corrected chi connectivity index (χ1v) is 10.9. The van der Waals surface area contributed by atoms with Gasteiger partial charge in [0.25, 0.3) is 0 Å². The van der Waals surface area contributed by atoms with E-state index in [0.717, 1.165) is 38.5 Å². The Balaban J connectivity index is 1.54. The second-order valence-corrected chi connectivity index (χ2v) is 9.45. The van der Waals surface area contributed by atoms with Crippen LogP contribution in [-0.4, -0.2) is 51.9 Å². The Hall–Kier alpha value is -2.97. The van der Waals surface area contributed by atoms with Gasteiger partial charge in [0, 0.05) is 30.4 Å². The standard InChI is InChI=1S/C22H30N6O3/c1-21(7-5-17-15(10-21)12-25-27-17)22(2)6-3-4-8-28(22)20(31)19(30)26-16-9-14(18(23)29)11-24-13-16/h9,11-13,15,17,27H,3-8,10H2,1-2H3,(H2,23,29)(H,26,30)/t15?,17?,21-,22+/m1/s1. The summed E-state index contributed by atoms with van der Waals surface area (Å²) in [6.07, 6.45) is 10.4. The van der Waals surface area contributed by atoms with Crippen molar-refractivity contribution in [3.8, 4) is 0 Å². The van der Waals surface area contributed by atoms with Crippen molar-refractivity contribution < 1.29 is 14.4 Å². The molecule has 2 fully saturated rings. The Morgan fingerprint density at radius 1 is 1.23 bits per heavy atom. The first kappa shape index (κ1) is 21.3. The van der Waals surface area contributed by atoms with E-state index >= 15 is 0 Å². The minimum atomic E-state index is -0.724. The highest BCUT2D eigenvalue weighted by Crippen LogP contribution is 2.52. The molecular weight excluding hydrogens is 396 g/mol. The fourth-order valence-corrected chi connectivity index (χ4v) is 5.52. The van der Waals surface area contributed by atoms with Gasteiger partial charge < -0.3 is 21.4 Å². The maximum absolute atomic E-state index is 13.3. The van der Waals surface area contributed by atoms with Gasteiger partial charge in [-0.05, 0) is 56.9 Å². The van der Waals surface area contributed by atoms with E-state index in [4.69, 9.17) is 5.73 Å². The molecule has 4 rings (SSSR count). The molecule has 0 spiro atoms. The van der Waals surface area contributed by atoms with Crippen molar-refractivity contribution in [1.82, 2.24) is 15.3 Å². The number of amides is 3. The summed E-state index contributed by atoms with van der Waals surface area (Å²) in [5, 5.41) is 6.84. The Morgan fingerprint density at radius 2 is 2.03 bits per heavy atom. The van der Waals surface area contributed by atoms with E-state index in [1.54, 1.807) is 4.90 Å². The maximum atomic E-state index is 13.3. The minimum Gasteiger partial charge on any atom is -0.366 e. The summed E-state index contributed by atoms with van der Waals surface area (Å²) < 4.78 is 0. The van der Waals surface area contributed by atoms with Gasteiger partial charge in [0.1, 0.15) is 0 Å². The van der Waals surface area contributed by atoms with Gasteiger partial charge in [-0.15, -0.1) is 0 Å². The Bertz CT molecular complexity index is 934. The number of carbonyl (C=O) groups is 3. The molecule has 166 valence electrons. The molecule has 1 saturated heterocycles. The quantitative estimate of drug-likeness (QED) is 0.633. The molecule has 4 N–H and O–H groups in total. The first-order valence-electron chi connectivity index (χ1n) is 10.9. The van der Waals surface area contributed by atoms with Gasteiger partial charge in [-0.3, -0.25) is 19.4 Å². The molecule has 9 nitrogen and oxygen atoms in total. The number of hydrogen-bond donors (Lipinski definition) is 3. The third-order valence-corrected chi connectivity index (χ3v) is 7.63. The Kier molecular flexibility index (Phi) is 5.45. The third kappa shape index (κ3) is 3.77. The lowest BCUT2D eigenvalue weighted by atomic mass is 9.57. The predicted molar refractivity (Wildman–Crippen MR) is 116 cm³/mol. The Labute approximate surface area is 181 Å². The fourth-order valence-electron chi connectivity index (χ4n) is 5.52. The number of primary amides is 1. The highest BCUT2D eigenvalue weighted by atomic mass is 16.2. The predicted octanol–water partition coefficient (Wildman–Crippen LogP) is 1.65. The lowest BCUT2D eigenvalue weighted by Crippen LogP contribution is -2.64. The highest BCUT2D eigenvalue weighted by Gasteiger charge is 2.55. The zero-order valence-corrected chi connectivity index (χ0v) is 18.1. The van der Waals surface area contributed by atoms with E-state index in [9.17, 15) is 14.4 Å². The van der Waals surface area contributed by atoms with Gasteiger partial charge >= 0.3 is 11.8 Å². The Morgan fingerprint density at radius 3 is 2.81 bits per heavy atom. The second-order valence-electron chi connectivity index (χ2n) is 9.45. The van der Waals surface area contributed by atoms with E-state index in [0.29, 0.717) is 18.5 Å². The first-order chi connectivity index (χ1) is 14.7. The molecule has 9 heteroatoms. The lowest BCUT2D eigenvalue weighted by molar-refractivity contribution is -0.156. The maximum Gasteiger partial charge on any atom is 0.313 e. The van der Waals surface area contributed by atoms with Crippen LogP contribution in [0.25, 0.3) is 0 Å². The highest BCUT2D eigenvalue weighted by molar-refractivity contribution is 6.39. The second kappa shape index (κ2) is 7.94. The number of nitrogens with zero attached hydrogens (tertiary/aromatic N) is 3. The van der Waals surface area contributed by atoms with Crippen LogP contribution in [0.15, 0.2) is 23.6 Å². The van der Waals surface area contributed by atoms with Crippen LogP contribution in [0.2, 0.25) is 0 Å². The summed E-state index contributed by atoms with van der Waals surface area (Å²) in [6, 6.07) is 1.79. The smallest absolute Gasteiger partial charge is 0.313 e. The number of likely N-dealkylation sites (tertiary alicyclic amines) is 1. The van der Waals surface area contributed by atoms with Gasteiger partial charge in [-0.2, -0.15) is 5.10 Å². The van der Waals surface area contributed by atoms with E-state index in [-0.39, 0.29) is 16.7 Å².